The molecule has 0 bridgehead atoms. The molecule has 12 heavy (non-hydrogen) atoms. The van der Waals surface area contributed by atoms with Gasteiger partial charge in [-0.3, -0.25) is 4.79 Å². The molecule has 2 heteroatoms. The Morgan fingerprint density at radius 1 is 1.58 bits per heavy atom. The van der Waals surface area contributed by atoms with E-state index in [0.29, 0.717) is 11.0 Å². The summed E-state index contributed by atoms with van der Waals surface area (Å²) in [5.74, 6) is 1.28. The molecule has 0 spiro atoms. The van der Waals surface area contributed by atoms with Crippen molar-refractivity contribution in [1.82, 2.24) is 0 Å². The number of hydrogen-bond donors (Lipinski definition) is 0. The molecular weight excluding hydrogens is 168 g/mol. The molecule has 1 rings (SSSR count). The second kappa shape index (κ2) is 4.70. The van der Waals surface area contributed by atoms with Gasteiger partial charge in [0.15, 0.2) is 5.78 Å². The summed E-state index contributed by atoms with van der Waals surface area (Å²) in [6, 6.07) is 0. The lowest BCUT2D eigenvalue weighted by molar-refractivity contribution is -0.115. The van der Waals surface area contributed by atoms with Crippen LogP contribution in [0.15, 0.2) is 11.6 Å². The molecule has 0 heterocycles. The van der Waals surface area contributed by atoms with Crippen LogP contribution in [-0.4, -0.2) is 16.8 Å². The highest BCUT2D eigenvalue weighted by atomic mass is 32.2. The molecule has 0 aromatic heterocycles. The van der Waals surface area contributed by atoms with Gasteiger partial charge in [0.25, 0.3) is 0 Å². The summed E-state index contributed by atoms with van der Waals surface area (Å²) in [6.45, 7) is 4.33. The minimum Gasteiger partial charge on any atom is -0.295 e. The van der Waals surface area contributed by atoms with E-state index in [1.54, 1.807) is 0 Å². The van der Waals surface area contributed by atoms with Crippen molar-refractivity contribution in [2.75, 3.05) is 5.75 Å². The molecule has 1 aliphatic rings. The van der Waals surface area contributed by atoms with Crippen LogP contribution in [-0.2, 0) is 4.79 Å². The highest BCUT2D eigenvalue weighted by Gasteiger charge is 2.13. The fourth-order valence-electron chi connectivity index (χ4n) is 1.21. The van der Waals surface area contributed by atoms with Gasteiger partial charge in [0, 0.05) is 17.7 Å². The van der Waals surface area contributed by atoms with E-state index < -0.39 is 0 Å². The second-order valence-electron chi connectivity index (χ2n) is 3.40. The zero-order valence-corrected chi connectivity index (χ0v) is 8.62. The molecule has 0 aromatic rings. The molecule has 0 saturated heterocycles. The first-order valence-corrected chi connectivity index (χ1v) is 5.59. The quantitative estimate of drug-likeness (QED) is 0.671. The lowest BCUT2D eigenvalue weighted by Gasteiger charge is -2.12. The Bertz CT molecular complexity index is 194. The number of Topliss-reactive ketones (excluding diaryl/α,β-unsaturated/α-hetero) is 1. The molecule has 0 N–H and O–H groups in total. The van der Waals surface area contributed by atoms with Crippen molar-refractivity contribution in [3.63, 3.8) is 0 Å². The van der Waals surface area contributed by atoms with Gasteiger partial charge >= 0.3 is 0 Å². The van der Waals surface area contributed by atoms with Crippen LogP contribution in [0.5, 0.6) is 0 Å². The van der Waals surface area contributed by atoms with Crippen molar-refractivity contribution in [1.29, 1.82) is 0 Å². The maximum Gasteiger partial charge on any atom is 0.159 e. The van der Waals surface area contributed by atoms with Crippen LogP contribution < -0.4 is 0 Å². The third kappa shape index (κ3) is 3.02. The van der Waals surface area contributed by atoms with E-state index >= 15 is 0 Å². The van der Waals surface area contributed by atoms with Crippen molar-refractivity contribution >= 4 is 17.5 Å². The topological polar surface area (TPSA) is 17.1 Å². The van der Waals surface area contributed by atoms with Crippen LogP contribution in [0.4, 0.5) is 0 Å². The van der Waals surface area contributed by atoms with Crippen molar-refractivity contribution in [2.24, 2.45) is 0 Å². The lowest BCUT2D eigenvalue weighted by atomic mass is 10.00. The van der Waals surface area contributed by atoms with E-state index in [-0.39, 0.29) is 0 Å². The third-order valence-electron chi connectivity index (χ3n) is 1.93. The fourth-order valence-corrected chi connectivity index (χ4v) is 2.00. The van der Waals surface area contributed by atoms with Crippen molar-refractivity contribution in [3.05, 3.63) is 11.6 Å². The summed E-state index contributed by atoms with van der Waals surface area (Å²) in [7, 11) is 0. The van der Waals surface area contributed by atoms with E-state index in [1.165, 1.54) is 0 Å². The highest BCUT2D eigenvalue weighted by molar-refractivity contribution is 8.00. The molecule has 0 aromatic carbocycles. The molecule has 0 aliphatic heterocycles. The van der Waals surface area contributed by atoms with E-state index in [4.69, 9.17) is 0 Å². The molecule has 0 unspecified atom stereocenters. The van der Waals surface area contributed by atoms with Crippen LogP contribution in [0.1, 0.15) is 33.1 Å². The molecule has 0 radical (unpaired) electrons. The largest absolute Gasteiger partial charge is 0.295 e. The number of allylic oxidation sites excluding steroid dienone is 1. The van der Waals surface area contributed by atoms with Crippen LogP contribution in [0.25, 0.3) is 0 Å². The molecule has 68 valence electrons. The monoisotopic (exact) mass is 184 g/mol. The summed E-state index contributed by atoms with van der Waals surface area (Å²) in [6.07, 6.45) is 5.03. The van der Waals surface area contributed by atoms with Crippen LogP contribution >= 0.6 is 11.8 Å². The van der Waals surface area contributed by atoms with Crippen molar-refractivity contribution in [3.8, 4) is 0 Å². The van der Waals surface area contributed by atoms with Gasteiger partial charge in [-0.15, -0.1) is 0 Å². The average Bonchev–Trinajstić information content (AvgIpc) is 2.03. The van der Waals surface area contributed by atoms with Gasteiger partial charge in [-0.2, -0.15) is 11.8 Å². The minimum absolute atomic E-state index is 0.370. The Kier molecular flexibility index (Phi) is 3.86. The fraction of sp³-hybridized carbons (Fsp3) is 0.700. The SMILES string of the molecule is CC(C)SCC1=CCCCC1=O. The molecular formula is C10H16OS. The first-order chi connectivity index (χ1) is 5.70. The summed E-state index contributed by atoms with van der Waals surface area (Å²) < 4.78 is 0. The number of rotatable bonds is 3. The minimum atomic E-state index is 0.370. The van der Waals surface area contributed by atoms with Crippen LogP contribution in [0.2, 0.25) is 0 Å². The first kappa shape index (κ1) is 9.85. The third-order valence-corrected chi connectivity index (χ3v) is 3.07. The Hall–Kier alpha value is -0.240. The Morgan fingerprint density at radius 2 is 2.33 bits per heavy atom. The molecule has 0 saturated carbocycles. The molecule has 0 atom stereocenters. The zero-order chi connectivity index (χ0) is 8.97. The van der Waals surface area contributed by atoms with Crippen molar-refractivity contribution in [2.45, 2.75) is 38.4 Å². The number of hydrogen-bond acceptors (Lipinski definition) is 2. The highest BCUT2D eigenvalue weighted by Crippen LogP contribution is 2.20. The van der Waals surface area contributed by atoms with E-state index in [9.17, 15) is 4.79 Å². The summed E-state index contributed by atoms with van der Waals surface area (Å²) in [5.41, 5.74) is 1.06. The predicted molar refractivity (Wildman–Crippen MR) is 54.5 cm³/mol. The van der Waals surface area contributed by atoms with E-state index in [2.05, 4.69) is 19.9 Å². The molecule has 0 amide bonds. The maximum atomic E-state index is 11.3. The van der Waals surface area contributed by atoms with Gasteiger partial charge in [0.05, 0.1) is 0 Å². The summed E-state index contributed by atoms with van der Waals surface area (Å²) >= 11 is 1.85. The predicted octanol–water partition coefficient (Wildman–Crippen LogP) is 2.81. The van der Waals surface area contributed by atoms with Gasteiger partial charge in [-0.1, -0.05) is 19.9 Å². The average molecular weight is 184 g/mol. The van der Waals surface area contributed by atoms with Gasteiger partial charge in [-0.05, 0) is 18.1 Å². The molecule has 1 aliphatic carbocycles. The van der Waals surface area contributed by atoms with Gasteiger partial charge in [0.1, 0.15) is 0 Å². The van der Waals surface area contributed by atoms with Crippen molar-refractivity contribution < 1.29 is 4.79 Å². The Balaban J connectivity index is 2.39. The number of carbonyl (C=O) groups is 1. The zero-order valence-electron chi connectivity index (χ0n) is 7.80. The maximum absolute atomic E-state index is 11.3. The summed E-state index contributed by atoms with van der Waals surface area (Å²) in [4.78, 5) is 11.3. The summed E-state index contributed by atoms with van der Waals surface area (Å²) in [5, 5.41) is 0.626. The van der Waals surface area contributed by atoms with Gasteiger partial charge in [0.2, 0.25) is 0 Å². The second-order valence-corrected chi connectivity index (χ2v) is 4.97. The van der Waals surface area contributed by atoms with E-state index in [1.807, 2.05) is 11.8 Å². The smallest absolute Gasteiger partial charge is 0.159 e. The van der Waals surface area contributed by atoms with Crippen LogP contribution in [0.3, 0.4) is 0 Å². The first-order valence-electron chi connectivity index (χ1n) is 4.54. The normalized spacial score (nSPS) is 18.2. The Labute approximate surface area is 78.6 Å². The lowest BCUT2D eigenvalue weighted by Crippen LogP contribution is -2.09. The molecule has 0 fully saturated rings. The van der Waals surface area contributed by atoms with E-state index in [0.717, 1.165) is 30.6 Å². The van der Waals surface area contributed by atoms with Gasteiger partial charge in [-0.25, -0.2) is 0 Å². The van der Waals surface area contributed by atoms with Crippen LogP contribution in [0, 0.1) is 0 Å². The standard InChI is InChI=1S/C10H16OS/c1-8(2)12-7-9-5-3-4-6-10(9)11/h5,8H,3-4,6-7H2,1-2H3. The van der Waals surface area contributed by atoms with Gasteiger partial charge < -0.3 is 0 Å². The number of ketones is 1. The Morgan fingerprint density at radius 3 is 2.92 bits per heavy atom. The number of carbonyl (C=O) groups excluding carboxylic acids is 1. The molecule has 1 nitrogen and oxygen atoms in total. The number of thioether (sulfide) groups is 1.